The van der Waals surface area contributed by atoms with Crippen molar-refractivity contribution in [2.45, 2.75) is 43.7 Å². The van der Waals surface area contributed by atoms with Gasteiger partial charge in [0.1, 0.15) is 6.33 Å². The number of carbonyl (C=O) groups excluding carboxylic acids is 1. The number of carbonyl (C=O) groups is 1. The highest BCUT2D eigenvalue weighted by molar-refractivity contribution is 7.99. The molecule has 1 saturated heterocycles. The van der Waals surface area contributed by atoms with Crippen molar-refractivity contribution >= 4 is 17.7 Å². The van der Waals surface area contributed by atoms with E-state index in [-0.39, 0.29) is 30.6 Å². The van der Waals surface area contributed by atoms with Crippen LogP contribution in [-0.2, 0) is 29.7 Å². The summed E-state index contributed by atoms with van der Waals surface area (Å²) in [6.07, 6.45) is 0.792. The number of benzene rings is 4. The van der Waals surface area contributed by atoms with E-state index in [0.717, 1.165) is 38.5 Å². The van der Waals surface area contributed by atoms with Gasteiger partial charge in [0, 0.05) is 36.4 Å². The Balaban J connectivity index is 1.22. The summed E-state index contributed by atoms with van der Waals surface area (Å²) in [7, 11) is 1.93. The Morgan fingerprint density at radius 1 is 0.889 bits per heavy atom. The molecule has 2 heterocycles. The van der Waals surface area contributed by atoms with Gasteiger partial charge in [0.25, 0.3) is 5.91 Å². The monoisotopic (exact) mass is 620 g/mol. The van der Waals surface area contributed by atoms with Crippen LogP contribution >= 0.6 is 11.8 Å². The Hall–Kier alpha value is -4.28. The maximum absolute atomic E-state index is 12.6. The molecule has 0 spiro atoms. The van der Waals surface area contributed by atoms with E-state index in [1.54, 1.807) is 30.2 Å². The quantitative estimate of drug-likeness (QED) is 0.172. The minimum Gasteiger partial charge on any atom is -0.392 e. The summed E-state index contributed by atoms with van der Waals surface area (Å²) in [5, 5.41) is 21.6. The van der Waals surface area contributed by atoms with Crippen LogP contribution in [0.3, 0.4) is 0 Å². The first-order valence-electron chi connectivity index (χ1n) is 15.0. The number of aliphatic hydroxyl groups excluding tert-OH is 1. The van der Waals surface area contributed by atoms with Crippen LogP contribution in [0.1, 0.15) is 51.9 Å². The normalized spacial score (nSPS) is 19.7. The van der Waals surface area contributed by atoms with Crippen LogP contribution in [0.2, 0.25) is 0 Å². The van der Waals surface area contributed by atoms with Crippen molar-refractivity contribution in [2.24, 2.45) is 13.0 Å². The molecule has 0 radical (unpaired) electrons. The first-order chi connectivity index (χ1) is 22.0. The van der Waals surface area contributed by atoms with Gasteiger partial charge in [0.15, 0.2) is 11.4 Å². The standard InChI is InChI=1S/C36H36N4O4S/c1-24-32(22-45-36-39-38-23-40(36)2)43-35(44-33(24)27-16-14-25(21-41)15-17-27)31-13-7-12-30(19-31)29-11-6-8-26(18-29)20-37-34(42)28-9-4-3-5-10-28/h3-19,23-24,32-33,35,41H,20-22H2,1-2H3,(H,37,42). The average Bonchev–Trinajstić information content (AvgIpc) is 3.51. The average molecular weight is 621 g/mol. The second-order valence-corrected chi connectivity index (χ2v) is 12.2. The van der Waals surface area contributed by atoms with Gasteiger partial charge in [-0.15, -0.1) is 10.2 Å². The number of nitrogens with zero attached hydrogens (tertiary/aromatic N) is 3. The van der Waals surface area contributed by atoms with Crippen molar-refractivity contribution in [1.29, 1.82) is 0 Å². The molecule has 5 aromatic rings. The third-order valence-electron chi connectivity index (χ3n) is 8.08. The molecular formula is C36H36N4O4S. The third-order valence-corrected chi connectivity index (χ3v) is 9.20. The van der Waals surface area contributed by atoms with Crippen LogP contribution in [0, 0.1) is 5.92 Å². The largest absolute Gasteiger partial charge is 0.392 e. The lowest BCUT2D eigenvalue weighted by molar-refractivity contribution is -0.268. The molecule has 0 aliphatic carbocycles. The topological polar surface area (TPSA) is 98.5 Å². The molecule has 0 saturated carbocycles. The number of nitrogens with one attached hydrogen (secondary N) is 1. The summed E-state index contributed by atoms with van der Waals surface area (Å²) in [4.78, 5) is 12.6. The van der Waals surface area contributed by atoms with E-state index in [1.807, 2.05) is 78.3 Å². The lowest BCUT2D eigenvalue weighted by atomic mass is 9.91. The fourth-order valence-corrected chi connectivity index (χ4v) is 6.52. The number of aryl methyl sites for hydroxylation is 1. The van der Waals surface area contributed by atoms with Gasteiger partial charge in [-0.1, -0.05) is 97.5 Å². The Morgan fingerprint density at radius 2 is 1.64 bits per heavy atom. The van der Waals surface area contributed by atoms with Gasteiger partial charge in [-0.05, 0) is 52.1 Å². The smallest absolute Gasteiger partial charge is 0.251 e. The van der Waals surface area contributed by atoms with E-state index in [2.05, 4.69) is 46.7 Å². The first-order valence-corrected chi connectivity index (χ1v) is 16.0. The molecule has 4 aromatic carbocycles. The third kappa shape index (κ3) is 7.34. The van der Waals surface area contributed by atoms with Gasteiger partial charge in [-0.25, -0.2) is 0 Å². The van der Waals surface area contributed by atoms with Crippen LogP contribution in [0.4, 0.5) is 0 Å². The second-order valence-electron chi connectivity index (χ2n) is 11.2. The first kappa shape index (κ1) is 30.7. The molecule has 1 aliphatic heterocycles. The van der Waals surface area contributed by atoms with Crippen molar-refractivity contribution < 1.29 is 19.4 Å². The zero-order valence-corrected chi connectivity index (χ0v) is 26.1. The van der Waals surface area contributed by atoms with Gasteiger partial charge >= 0.3 is 0 Å². The summed E-state index contributed by atoms with van der Waals surface area (Å²) in [5.74, 6) is 0.652. The number of aliphatic hydroxyl groups is 1. The fourth-order valence-electron chi connectivity index (χ4n) is 5.47. The summed E-state index contributed by atoms with van der Waals surface area (Å²) in [5.41, 5.74) is 6.55. The minimum atomic E-state index is -0.581. The van der Waals surface area contributed by atoms with Crippen LogP contribution in [0.25, 0.3) is 11.1 Å². The van der Waals surface area contributed by atoms with Crippen molar-refractivity contribution in [3.8, 4) is 11.1 Å². The highest BCUT2D eigenvalue weighted by atomic mass is 32.2. The van der Waals surface area contributed by atoms with E-state index in [4.69, 9.17) is 9.47 Å². The lowest BCUT2D eigenvalue weighted by Gasteiger charge is -2.41. The predicted molar refractivity (Wildman–Crippen MR) is 174 cm³/mol. The maximum Gasteiger partial charge on any atom is 0.251 e. The van der Waals surface area contributed by atoms with E-state index >= 15 is 0 Å². The zero-order chi connectivity index (χ0) is 31.2. The molecule has 45 heavy (non-hydrogen) atoms. The van der Waals surface area contributed by atoms with Gasteiger partial charge in [0.2, 0.25) is 0 Å². The molecule has 6 rings (SSSR count). The molecule has 1 amide bonds. The molecule has 1 fully saturated rings. The number of amides is 1. The summed E-state index contributed by atoms with van der Waals surface area (Å²) >= 11 is 1.62. The molecule has 9 heteroatoms. The zero-order valence-electron chi connectivity index (χ0n) is 25.2. The van der Waals surface area contributed by atoms with Gasteiger partial charge in [-0.3, -0.25) is 4.79 Å². The summed E-state index contributed by atoms with van der Waals surface area (Å²) in [6, 6.07) is 33.6. The Bertz CT molecular complexity index is 1730. The van der Waals surface area contributed by atoms with Crippen molar-refractivity contribution in [2.75, 3.05) is 5.75 Å². The Kier molecular flexibility index (Phi) is 9.71. The molecular weight excluding hydrogens is 584 g/mol. The minimum absolute atomic E-state index is 0.00253. The van der Waals surface area contributed by atoms with Gasteiger partial charge < -0.3 is 24.5 Å². The number of hydrogen-bond acceptors (Lipinski definition) is 7. The molecule has 1 aliphatic rings. The fraction of sp³-hybridized carbons (Fsp3) is 0.250. The van der Waals surface area contributed by atoms with E-state index in [1.165, 1.54) is 0 Å². The number of ether oxygens (including phenoxy) is 2. The number of rotatable bonds is 10. The van der Waals surface area contributed by atoms with Crippen LogP contribution in [0.5, 0.6) is 0 Å². The molecule has 8 nitrogen and oxygen atoms in total. The second kappa shape index (κ2) is 14.2. The molecule has 2 N–H and O–H groups in total. The van der Waals surface area contributed by atoms with Crippen LogP contribution in [0.15, 0.2) is 115 Å². The van der Waals surface area contributed by atoms with E-state index < -0.39 is 6.29 Å². The van der Waals surface area contributed by atoms with E-state index in [0.29, 0.717) is 17.9 Å². The number of hydrogen-bond donors (Lipinski definition) is 2. The number of thioether (sulfide) groups is 1. The highest BCUT2D eigenvalue weighted by Gasteiger charge is 2.38. The van der Waals surface area contributed by atoms with Crippen LogP contribution in [-0.4, -0.2) is 37.6 Å². The van der Waals surface area contributed by atoms with Gasteiger partial charge in [0.05, 0.1) is 18.8 Å². The lowest BCUT2D eigenvalue weighted by Crippen LogP contribution is -2.38. The molecule has 0 bridgehead atoms. The highest BCUT2D eigenvalue weighted by Crippen LogP contribution is 2.43. The Morgan fingerprint density at radius 3 is 2.38 bits per heavy atom. The molecule has 4 atom stereocenters. The van der Waals surface area contributed by atoms with E-state index in [9.17, 15) is 9.90 Å². The summed E-state index contributed by atoms with van der Waals surface area (Å²) in [6.45, 7) is 2.58. The van der Waals surface area contributed by atoms with Gasteiger partial charge in [-0.2, -0.15) is 0 Å². The Labute approximate surface area is 267 Å². The number of aromatic nitrogens is 3. The SMILES string of the molecule is CC1C(CSc2nncn2C)OC(c2cccc(-c3cccc(CNC(=O)c4ccccc4)c3)c2)OC1c1ccc(CO)cc1. The molecule has 230 valence electrons. The van der Waals surface area contributed by atoms with Crippen molar-refractivity contribution in [3.63, 3.8) is 0 Å². The molecule has 4 unspecified atom stereocenters. The molecule has 1 aromatic heterocycles. The van der Waals surface area contributed by atoms with Crippen LogP contribution < -0.4 is 5.32 Å². The summed E-state index contributed by atoms with van der Waals surface area (Å²) < 4.78 is 15.2. The van der Waals surface area contributed by atoms with Crippen molar-refractivity contribution in [1.82, 2.24) is 20.1 Å². The van der Waals surface area contributed by atoms with Crippen molar-refractivity contribution in [3.05, 3.63) is 137 Å². The maximum atomic E-state index is 12.6. The predicted octanol–water partition coefficient (Wildman–Crippen LogP) is 6.49.